The van der Waals surface area contributed by atoms with Gasteiger partial charge in [0.15, 0.2) is 5.70 Å². The molecule has 0 aromatic heterocycles. The Labute approximate surface area is 207 Å². The highest BCUT2D eigenvalue weighted by Gasteiger charge is 2.33. The van der Waals surface area contributed by atoms with Crippen LogP contribution >= 0.6 is 0 Å². The van der Waals surface area contributed by atoms with Crippen LogP contribution in [-0.4, -0.2) is 54.5 Å². The summed E-state index contributed by atoms with van der Waals surface area (Å²) < 4.78 is 5.16. The minimum atomic E-state index is -0.758. The maximum atomic E-state index is 13.4. The number of piperidine rings is 1. The van der Waals surface area contributed by atoms with Gasteiger partial charge in [0.25, 0.3) is 11.8 Å². The number of amides is 3. The molecule has 11 nitrogen and oxygen atoms in total. The number of ether oxygens (including phenoxy) is 1. The van der Waals surface area contributed by atoms with Gasteiger partial charge >= 0.3 is 5.97 Å². The van der Waals surface area contributed by atoms with E-state index in [2.05, 4.69) is 10.6 Å². The number of anilines is 1. The summed E-state index contributed by atoms with van der Waals surface area (Å²) in [6, 6.07) is 15.0. The maximum absolute atomic E-state index is 13.4. The SMILES string of the molecule is COc1ccc(N2NOC(=O)/C2=C\C(=NC(=O)c2ccccc2)C(=O)N2CCC(C(N)=O)CC2)cc1. The zero-order valence-electron chi connectivity index (χ0n) is 19.5. The molecule has 0 saturated carbocycles. The number of benzene rings is 2. The number of likely N-dealkylation sites (tertiary alicyclic amines) is 1. The summed E-state index contributed by atoms with van der Waals surface area (Å²) in [5, 5.41) is 1.33. The number of nitrogens with one attached hydrogen (secondary N) is 1. The first-order chi connectivity index (χ1) is 17.4. The molecular formula is C25H25N5O6. The van der Waals surface area contributed by atoms with Crippen molar-refractivity contribution in [2.24, 2.45) is 16.6 Å². The van der Waals surface area contributed by atoms with E-state index in [1.165, 1.54) is 23.1 Å². The third-order valence-electron chi connectivity index (χ3n) is 5.93. The molecule has 2 heterocycles. The van der Waals surface area contributed by atoms with Crippen molar-refractivity contribution >= 4 is 35.1 Å². The lowest BCUT2D eigenvalue weighted by Crippen LogP contribution is -2.44. The van der Waals surface area contributed by atoms with Gasteiger partial charge in [-0.15, -0.1) is 0 Å². The molecule has 3 N–H and O–H groups in total. The van der Waals surface area contributed by atoms with Gasteiger partial charge in [-0.05, 0) is 49.2 Å². The molecule has 2 fully saturated rings. The highest BCUT2D eigenvalue weighted by molar-refractivity contribution is 6.45. The summed E-state index contributed by atoms with van der Waals surface area (Å²) >= 11 is 0. The number of aliphatic imine (C=N–C) groups is 1. The number of methoxy groups -OCH3 is 1. The number of nitrogens with zero attached hydrogens (tertiary/aromatic N) is 3. The third kappa shape index (κ3) is 5.41. The van der Waals surface area contributed by atoms with E-state index in [0.717, 1.165) is 0 Å². The Morgan fingerprint density at radius 2 is 1.75 bits per heavy atom. The minimum absolute atomic E-state index is 0.0415. The van der Waals surface area contributed by atoms with E-state index in [0.29, 0.717) is 24.3 Å². The second-order valence-corrected chi connectivity index (χ2v) is 8.18. The summed E-state index contributed by atoms with van der Waals surface area (Å²) in [5.74, 6) is -2.07. The van der Waals surface area contributed by atoms with E-state index in [9.17, 15) is 19.2 Å². The topological polar surface area (TPSA) is 144 Å². The van der Waals surface area contributed by atoms with Crippen LogP contribution < -0.4 is 21.1 Å². The van der Waals surface area contributed by atoms with Gasteiger partial charge < -0.3 is 20.2 Å². The van der Waals surface area contributed by atoms with Gasteiger partial charge in [0.05, 0.1) is 12.8 Å². The average molecular weight is 492 g/mol. The highest BCUT2D eigenvalue weighted by atomic mass is 16.7. The Hall–Kier alpha value is -4.51. The fourth-order valence-corrected chi connectivity index (χ4v) is 3.88. The number of nitrogens with two attached hydrogens (primary N) is 1. The molecule has 0 spiro atoms. The average Bonchev–Trinajstić information content (AvgIpc) is 3.28. The van der Waals surface area contributed by atoms with Crippen molar-refractivity contribution in [1.82, 2.24) is 10.5 Å². The zero-order chi connectivity index (χ0) is 25.7. The van der Waals surface area contributed by atoms with Gasteiger partial charge in [0.1, 0.15) is 11.5 Å². The second kappa shape index (κ2) is 10.8. The van der Waals surface area contributed by atoms with Gasteiger partial charge in [0, 0.05) is 30.6 Å². The molecule has 2 aliphatic heterocycles. The fraction of sp³-hybridized carbons (Fsp3) is 0.240. The van der Waals surface area contributed by atoms with E-state index in [4.69, 9.17) is 15.3 Å². The first-order valence-corrected chi connectivity index (χ1v) is 11.3. The molecule has 0 unspecified atom stereocenters. The summed E-state index contributed by atoms with van der Waals surface area (Å²) in [5.41, 5.74) is 8.42. The van der Waals surface area contributed by atoms with Crippen LogP contribution in [0, 0.1) is 5.92 Å². The molecule has 0 atom stereocenters. The fourth-order valence-electron chi connectivity index (χ4n) is 3.88. The summed E-state index contributed by atoms with van der Waals surface area (Å²) in [4.78, 5) is 60.9. The Morgan fingerprint density at radius 1 is 1.08 bits per heavy atom. The van der Waals surface area contributed by atoms with Crippen LogP contribution in [0.25, 0.3) is 0 Å². The Bertz CT molecular complexity index is 1220. The molecular weight excluding hydrogens is 466 g/mol. The van der Waals surface area contributed by atoms with Crippen LogP contribution in [0.3, 0.4) is 0 Å². The predicted octanol–water partition coefficient (Wildman–Crippen LogP) is 1.37. The van der Waals surface area contributed by atoms with E-state index in [1.54, 1.807) is 54.6 Å². The first kappa shape index (κ1) is 24.6. The standard InChI is InChI=1S/C25H25N5O6/c1-35-19-9-7-18(8-10-19)30-21(25(34)36-28-30)15-20(27-23(32)17-5-3-2-4-6-17)24(33)29-13-11-16(12-14-29)22(26)31/h2-10,15-16,28H,11-14H2,1H3,(H2,26,31)/b21-15+,27-20?. The first-order valence-electron chi connectivity index (χ1n) is 11.3. The number of hydrazine groups is 1. The van der Waals surface area contributed by atoms with Crippen LogP contribution in [0.1, 0.15) is 23.2 Å². The third-order valence-corrected chi connectivity index (χ3v) is 5.93. The molecule has 186 valence electrons. The van der Waals surface area contributed by atoms with Crippen LogP contribution in [0.15, 0.2) is 71.4 Å². The lowest BCUT2D eigenvalue weighted by Gasteiger charge is -2.30. The highest BCUT2D eigenvalue weighted by Crippen LogP contribution is 2.25. The molecule has 0 radical (unpaired) electrons. The Morgan fingerprint density at radius 3 is 2.36 bits per heavy atom. The number of hydrogen-bond donors (Lipinski definition) is 2. The largest absolute Gasteiger partial charge is 0.497 e. The van der Waals surface area contributed by atoms with Crippen LogP contribution in [0.4, 0.5) is 5.69 Å². The van der Waals surface area contributed by atoms with Crippen molar-refractivity contribution < 1.29 is 28.8 Å². The van der Waals surface area contributed by atoms with Crippen molar-refractivity contribution in [3.05, 3.63) is 71.9 Å². The molecule has 36 heavy (non-hydrogen) atoms. The number of primary amides is 1. The normalized spacial score (nSPS) is 17.8. The molecule has 0 bridgehead atoms. The summed E-state index contributed by atoms with van der Waals surface area (Å²) in [6.45, 7) is 0.526. The predicted molar refractivity (Wildman–Crippen MR) is 129 cm³/mol. The van der Waals surface area contributed by atoms with E-state index in [-0.39, 0.29) is 36.0 Å². The van der Waals surface area contributed by atoms with Crippen LogP contribution in [0.2, 0.25) is 0 Å². The number of hydrogen-bond acceptors (Lipinski definition) is 8. The lowest BCUT2D eigenvalue weighted by atomic mass is 9.96. The van der Waals surface area contributed by atoms with Gasteiger partial charge in [-0.1, -0.05) is 23.8 Å². The van der Waals surface area contributed by atoms with Crippen LogP contribution in [-0.2, 0) is 19.2 Å². The van der Waals surface area contributed by atoms with Crippen molar-refractivity contribution in [1.29, 1.82) is 0 Å². The smallest absolute Gasteiger partial charge is 0.376 e. The zero-order valence-corrected chi connectivity index (χ0v) is 19.5. The summed E-state index contributed by atoms with van der Waals surface area (Å²) in [7, 11) is 1.53. The van der Waals surface area contributed by atoms with Crippen molar-refractivity contribution in [2.45, 2.75) is 12.8 Å². The quantitative estimate of drug-likeness (QED) is 0.456. The van der Waals surface area contributed by atoms with Gasteiger partial charge in [0.2, 0.25) is 5.91 Å². The van der Waals surface area contributed by atoms with E-state index < -0.39 is 23.7 Å². The van der Waals surface area contributed by atoms with Crippen molar-refractivity contribution in [3.63, 3.8) is 0 Å². The second-order valence-electron chi connectivity index (χ2n) is 8.18. The Balaban J connectivity index is 1.68. The minimum Gasteiger partial charge on any atom is -0.497 e. The number of carbonyl (C=O) groups is 4. The number of carbonyl (C=O) groups excluding carboxylic acids is 4. The maximum Gasteiger partial charge on any atom is 0.376 e. The summed E-state index contributed by atoms with van der Waals surface area (Å²) in [6.07, 6.45) is 2.02. The Kier molecular flexibility index (Phi) is 7.40. The van der Waals surface area contributed by atoms with Crippen molar-refractivity contribution in [3.8, 4) is 5.75 Å². The van der Waals surface area contributed by atoms with Crippen LogP contribution in [0.5, 0.6) is 5.75 Å². The van der Waals surface area contributed by atoms with E-state index >= 15 is 0 Å². The molecule has 3 amide bonds. The number of rotatable bonds is 6. The molecule has 0 aliphatic carbocycles. The van der Waals surface area contributed by atoms with Gasteiger partial charge in [-0.3, -0.25) is 14.4 Å². The molecule has 11 heteroatoms. The molecule has 2 aromatic carbocycles. The van der Waals surface area contributed by atoms with Crippen molar-refractivity contribution in [2.75, 3.05) is 25.2 Å². The molecule has 2 aromatic rings. The van der Waals surface area contributed by atoms with Gasteiger partial charge in [-0.25, -0.2) is 14.8 Å². The van der Waals surface area contributed by atoms with Gasteiger partial charge in [-0.2, -0.15) is 0 Å². The molecule has 2 aliphatic rings. The molecule has 2 saturated heterocycles. The molecule has 4 rings (SSSR count). The van der Waals surface area contributed by atoms with E-state index in [1.807, 2.05) is 0 Å². The monoisotopic (exact) mass is 491 g/mol. The lowest BCUT2D eigenvalue weighted by molar-refractivity contribution is -0.140.